The van der Waals surface area contributed by atoms with Gasteiger partial charge in [0.25, 0.3) is 0 Å². The Hall–Kier alpha value is -2.21. The van der Waals surface area contributed by atoms with E-state index in [2.05, 4.69) is 16.4 Å². The Labute approximate surface area is 132 Å². The molecule has 0 saturated heterocycles. The van der Waals surface area contributed by atoms with Crippen LogP contribution in [-0.2, 0) is 22.4 Å². The number of aryl methyl sites for hydroxylation is 1. The molecule has 3 N–H and O–H groups in total. The van der Waals surface area contributed by atoms with Crippen LogP contribution in [0, 0.1) is 0 Å². The van der Waals surface area contributed by atoms with E-state index in [0.717, 1.165) is 24.8 Å². The molecule has 2 aromatic rings. The number of carbonyl (C=O) groups excluding carboxylic acids is 2. The van der Waals surface area contributed by atoms with E-state index in [9.17, 15) is 9.59 Å². The van der Waals surface area contributed by atoms with Crippen molar-refractivity contribution in [3.63, 3.8) is 0 Å². The molecule has 0 bridgehead atoms. The molecule has 1 aromatic heterocycles. The number of nitrogens with two attached hydrogens (primary N) is 1. The van der Waals surface area contributed by atoms with Crippen LogP contribution < -0.4 is 11.1 Å². The van der Waals surface area contributed by atoms with Gasteiger partial charge in [-0.2, -0.15) is 0 Å². The lowest BCUT2D eigenvalue weighted by Crippen LogP contribution is -2.24. The number of hydrogen-bond acceptors (Lipinski definition) is 4. The Kier molecular flexibility index (Phi) is 4.20. The zero-order valence-electron chi connectivity index (χ0n) is 12.0. The molecular formula is C16H17N3O2S. The molecule has 1 aromatic carbocycles. The third-order valence-corrected chi connectivity index (χ3v) is 4.63. The van der Waals surface area contributed by atoms with Gasteiger partial charge in [-0.25, -0.2) is 4.98 Å². The smallest absolute Gasteiger partial charge is 0.233 e. The molecule has 3 rings (SSSR count). The second kappa shape index (κ2) is 6.27. The third-order valence-electron chi connectivity index (χ3n) is 3.82. The van der Waals surface area contributed by atoms with Gasteiger partial charge in [0.2, 0.25) is 11.8 Å². The molecule has 0 aliphatic heterocycles. The summed E-state index contributed by atoms with van der Waals surface area (Å²) < 4.78 is 0. The summed E-state index contributed by atoms with van der Waals surface area (Å²) in [5, 5.41) is 5.13. The van der Waals surface area contributed by atoms with Gasteiger partial charge in [-0.1, -0.05) is 24.3 Å². The molecule has 1 atom stereocenters. The quantitative estimate of drug-likeness (QED) is 0.907. The standard InChI is InChI=1S/C16H17N3O2S/c17-14(20)8-11-9-22-16(18-11)19-15(21)13-7-3-5-10-4-1-2-6-12(10)13/h1-2,4,6,9,13H,3,5,7-8H2,(H2,17,20)(H,18,19,21)/t13-/m1/s1. The van der Waals surface area contributed by atoms with Crippen molar-refractivity contribution >= 4 is 28.3 Å². The largest absolute Gasteiger partial charge is 0.369 e. The minimum atomic E-state index is -0.426. The van der Waals surface area contributed by atoms with Crippen LogP contribution in [0.1, 0.15) is 35.6 Å². The number of primary amides is 1. The van der Waals surface area contributed by atoms with Crippen LogP contribution in [0.15, 0.2) is 29.6 Å². The summed E-state index contributed by atoms with van der Waals surface area (Å²) in [5.74, 6) is -0.593. The molecule has 114 valence electrons. The van der Waals surface area contributed by atoms with E-state index in [4.69, 9.17) is 5.73 Å². The van der Waals surface area contributed by atoms with Crippen LogP contribution in [-0.4, -0.2) is 16.8 Å². The maximum atomic E-state index is 12.5. The SMILES string of the molecule is NC(=O)Cc1csc(NC(=O)[C@@H]2CCCc3ccccc32)n1. The van der Waals surface area contributed by atoms with Gasteiger partial charge in [-0.15, -0.1) is 11.3 Å². The van der Waals surface area contributed by atoms with Gasteiger partial charge in [0.1, 0.15) is 0 Å². The summed E-state index contributed by atoms with van der Waals surface area (Å²) in [4.78, 5) is 27.6. The van der Waals surface area contributed by atoms with Crippen molar-refractivity contribution in [2.24, 2.45) is 5.73 Å². The fraction of sp³-hybridized carbons (Fsp3) is 0.312. The molecule has 1 aliphatic rings. The predicted molar refractivity (Wildman–Crippen MR) is 85.8 cm³/mol. The van der Waals surface area contributed by atoms with Gasteiger partial charge in [0.15, 0.2) is 5.13 Å². The van der Waals surface area contributed by atoms with Crippen LogP contribution in [0.5, 0.6) is 0 Å². The van der Waals surface area contributed by atoms with Crippen LogP contribution in [0.2, 0.25) is 0 Å². The highest BCUT2D eigenvalue weighted by Gasteiger charge is 2.26. The summed E-state index contributed by atoms with van der Waals surface area (Å²) in [6.07, 6.45) is 2.99. The minimum absolute atomic E-state index is 0.0351. The summed E-state index contributed by atoms with van der Waals surface area (Å²) >= 11 is 1.31. The van der Waals surface area contributed by atoms with E-state index in [1.807, 2.05) is 18.2 Å². The highest BCUT2D eigenvalue weighted by atomic mass is 32.1. The van der Waals surface area contributed by atoms with Crippen molar-refractivity contribution in [3.8, 4) is 0 Å². The Morgan fingerprint density at radius 3 is 3.00 bits per heavy atom. The fourth-order valence-corrected chi connectivity index (χ4v) is 3.56. The number of carbonyl (C=O) groups is 2. The van der Waals surface area contributed by atoms with E-state index in [0.29, 0.717) is 10.8 Å². The van der Waals surface area contributed by atoms with Gasteiger partial charge < -0.3 is 11.1 Å². The molecule has 2 amide bonds. The van der Waals surface area contributed by atoms with E-state index in [1.54, 1.807) is 5.38 Å². The Bertz CT molecular complexity index is 711. The highest BCUT2D eigenvalue weighted by Crippen LogP contribution is 2.32. The molecule has 0 unspecified atom stereocenters. The maximum Gasteiger partial charge on any atom is 0.233 e. The molecule has 0 radical (unpaired) electrons. The van der Waals surface area contributed by atoms with Gasteiger partial charge in [-0.05, 0) is 30.4 Å². The molecule has 0 fully saturated rings. The summed E-state index contributed by atoms with van der Waals surface area (Å²) in [6.45, 7) is 0. The molecule has 5 nitrogen and oxygen atoms in total. The number of nitrogens with one attached hydrogen (secondary N) is 1. The van der Waals surface area contributed by atoms with Gasteiger partial charge >= 0.3 is 0 Å². The van der Waals surface area contributed by atoms with Gasteiger partial charge in [0, 0.05) is 5.38 Å². The Balaban J connectivity index is 1.73. The topological polar surface area (TPSA) is 85.1 Å². The number of amides is 2. The lowest BCUT2D eigenvalue weighted by Gasteiger charge is -2.24. The zero-order chi connectivity index (χ0) is 15.5. The predicted octanol–water partition coefficient (Wildman–Crippen LogP) is 2.23. The Morgan fingerprint density at radius 2 is 2.18 bits per heavy atom. The molecule has 1 heterocycles. The first-order valence-electron chi connectivity index (χ1n) is 7.25. The number of anilines is 1. The number of fused-ring (bicyclic) bond motifs is 1. The number of rotatable bonds is 4. The Morgan fingerprint density at radius 1 is 1.36 bits per heavy atom. The van der Waals surface area contributed by atoms with E-state index in [1.165, 1.54) is 16.9 Å². The van der Waals surface area contributed by atoms with Crippen LogP contribution >= 0.6 is 11.3 Å². The molecule has 0 saturated carbocycles. The van der Waals surface area contributed by atoms with Crippen molar-refractivity contribution in [1.82, 2.24) is 4.98 Å². The van der Waals surface area contributed by atoms with Crippen LogP contribution in [0.4, 0.5) is 5.13 Å². The monoisotopic (exact) mass is 315 g/mol. The van der Waals surface area contributed by atoms with Crippen molar-refractivity contribution in [2.45, 2.75) is 31.6 Å². The van der Waals surface area contributed by atoms with E-state index in [-0.39, 0.29) is 18.2 Å². The first-order chi connectivity index (χ1) is 10.6. The maximum absolute atomic E-state index is 12.5. The summed E-state index contributed by atoms with van der Waals surface area (Å²) in [6, 6.07) is 8.09. The molecule has 22 heavy (non-hydrogen) atoms. The van der Waals surface area contributed by atoms with Gasteiger partial charge in [-0.3, -0.25) is 9.59 Å². The van der Waals surface area contributed by atoms with E-state index >= 15 is 0 Å². The van der Waals surface area contributed by atoms with Gasteiger partial charge in [0.05, 0.1) is 18.0 Å². The average Bonchev–Trinajstić information content (AvgIpc) is 2.92. The fourth-order valence-electron chi connectivity index (χ4n) is 2.84. The number of aromatic nitrogens is 1. The zero-order valence-corrected chi connectivity index (χ0v) is 12.9. The van der Waals surface area contributed by atoms with E-state index < -0.39 is 5.91 Å². The van der Waals surface area contributed by atoms with Crippen molar-refractivity contribution in [3.05, 3.63) is 46.5 Å². The lowest BCUT2D eigenvalue weighted by atomic mass is 9.82. The second-order valence-electron chi connectivity index (χ2n) is 5.42. The first-order valence-corrected chi connectivity index (χ1v) is 8.13. The first kappa shape index (κ1) is 14.7. The molecule has 1 aliphatic carbocycles. The normalized spacial score (nSPS) is 16.8. The number of benzene rings is 1. The average molecular weight is 315 g/mol. The molecule has 6 heteroatoms. The third kappa shape index (κ3) is 3.17. The minimum Gasteiger partial charge on any atom is -0.369 e. The molecular weight excluding hydrogens is 298 g/mol. The number of hydrogen-bond donors (Lipinski definition) is 2. The van der Waals surface area contributed by atoms with Crippen molar-refractivity contribution in [2.75, 3.05) is 5.32 Å². The van der Waals surface area contributed by atoms with Crippen molar-refractivity contribution in [1.29, 1.82) is 0 Å². The summed E-state index contributed by atoms with van der Waals surface area (Å²) in [7, 11) is 0. The number of thiazole rings is 1. The molecule has 0 spiro atoms. The second-order valence-corrected chi connectivity index (χ2v) is 6.28. The highest BCUT2D eigenvalue weighted by molar-refractivity contribution is 7.13. The van der Waals surface area contributed by atoms with Crippen molar-refractivity contribution < 1.29 is 9.59 Å². The van der Waals surface area contributed by atoms with Crippen LogP contribution in [0.25, 0.3) is 0 Å². The summed E-state index contributed by atoms with van der Waals surface area (Å²) in [5.41, 5.74) is 8.10. The number of nitrogens with zero attached hydrogens (tertiary/aromatic N) is 1. The lowest BCUT2D eigenvalue weighted by molar-refractivity contribution is -0.118. The van der Waals surface area contributed by atoms with Crippen LogP contribution in [0.3, 0.4) is 0 Å².